The molecule has 0 bridgehead atoms. The molecule has 15 atom stereocenters. The summed E-state index contributed by atoms with van der Waals surface area (Å²) in [5, 5.41) is 40.3. The summed E-state index contributed by atoms with van der Waals surface area (Å²) >= 11 is 0. The second-order valence-corrected chi connectivity index (χ2v) is 17.9. The number of carboxylic acids is 1. The summed E-state index contributed by atoms with van der Waals surface area (Å²) in [6, 6.07) is 2.32. The molecule has 0 saturated carbocycles. The maximum Gasteiger partial charge on any atom is 0.320 e. The third-order valence-corrected chi connectivity index (χ3v) is 13.8. The molecule has 0 spiro atoms. The van der Waals surface area contributed by atoms with Gasteiger partial charge in [-0.15, -0.1) is 0 Å². The van der Waals surface area contributed by atoms with Gasteiger partial charge in [-0.05, 0) is 95.0 Å². The van der Waals surface area contributed by atoms with Gasteiger partial charge in [0.1, 0.15) is 73.2 Å². The van der Waals surface area contributed by atoms with Crippen LogP contribution in [0.2, 0.25) is 0 Å². The molecular formula is C44H63N5O17. The van der Waals surface area contributed by atoms with E-state index in [0.717, 1.165) is 25.1 Å². The highest BCUT2D eigenvalue weighted by Crippen LogP contribution is 2.40. The van der Waals surface area contributed by atoms with Gasteiger partial charge in [0.2, 0.25) is 6.29 Å². The van der Waals surface area contributed by atoms with Crippen molar-refractivity contribution in [3.05, 3.63) is 24.3 Å². The standard InChI is InChI=1S/C44H63N5O17/c1-58-31-12-14-32(15-13-31)61-43-40(65-48-19-4-9-29(48)23-52)36(45-16-6-11-33(45)42(56)57)39(35(63-43)26-60-47-18-3-8-28(47)22-51)64-44-41(66-49-20-5-10-30(49)24-53)38(55)37(54)34(62-44)25-59-46-17-2-7-27(46)21-50/h12-15,21-24,27-30,33-41,43-44,54-55H,2-11,16-20,25-26H2,1H3,(H,56,57)/t27-,28-,29-,30-,33-,34?,35+,36?,37-,38?,39+,40?,41+,43-,44-/m0/s1. The Morgan fingerprint density at radius 2 is 1.11 bits per heavy atom. The summed E-state index contributed by atoms with van der Waals surface area (Å²) < 4.78 is 32.5. The highest BCUT2D eigenvalue weighted by molar-refractivity contribution is 5.74. The highest BCUT2D eigenvalue weighted by Gasteiger charge is 2.58. The molecule has 7 heterocycles. The van der Waals surface area contributed by atoms with Crippen molar-refractivity contribution in [3.8, 4) is 11.5 Å². The van der Waals surface area contributed by atoms with Crippen LogP contribution < -0.4 is 9.47 Å². The van der Waals surface area contributed by atoms with Crippen LogP contribution in [0.4, 0.5) is 0 Å². The molecule has 1 aromatic rings. The van der Waals surface area contributed by atoms with Gasteiger partial charge in [-0.2, -0.15) is 20.3 Å². The fourth-order valence-corrected chi connectivity index (χ4v) is 10.2. The molecule has 66 heavy (non-hydrogen) atoms. The first-order valence-electron chi connectivity index (χ1n) is 23.2. The number of likely N-dealkylation sites (tertiary alicyclic amines) is 1. The van der Waals surface area contributed by atoms with Crippen molar-refractivity contribution in [1.29, 1.82) is 0 Å². The molecule has 3 N–H and O–H groups in total. The average Bonchev–Trinajstić information content (AvgIpc) is 4.20. The lowest BCUT2D eigenvalue weighted by atomic mass is 9.92. The van der Waals surface area contributed by atoms with Gasteiger partial charge < -0.3 is 58.2 Å². The number of hydroxylamine groups is 8. The van der Waals surface area contributed by atoms with Gasteiger partial charge in [0.05, 0.1) is 50.5 Å². The molecule has 4 unspecified atom stereocenters. The van der Waals surface area contributed by atoms with Crippen LogP contribution in [-0.4, -0.2) is 216 Å². The molecule has 1 aromatic carbocycles. The Balaban J connectivity index is 1.20. The zero-order valence-corrected chi connectivity index (χ0v) is 37.1. The quantitative estimate of drug-likeness (QED) is 0.134. The Labute approximate surface area is 382 Å². The number of methoxy groups -OCH3 is 1. The molecule has 7 fully saturated rings. The Kier molecular flexibility index (Phi) is 16.8. The number of aliphatic hydroxyl groups is 2. The van der Waals surface area contributed by atoms with E-state index in [0.29, 0.717) is 95.5 Å². The van der Waals surface area contributed by atoms with E-state index in [1.54, 1.807) is 39.3 Å². The van der Waals surface area contributed by atoms with Crippen molar-refractivity contribution in [2.24, 2.45) is 0 Å². The summed E-state index contributed by atoms with van der Waals surface area (Å²) in [5.41, 5.74) is 0. The molecule has 22 nitrogen and oxygen atoms in total. The summed E-state index contributed by atoms with van der Waals surface area (Å²) in [5.74, 6) is -0.172. The monoisotopic (exact) mass is 933 g/mol. The van der Waals surface area contributed by atoms with E-state index < -0.39 is 97.5 Å². The second-order valence-electron chi connectivity index (χ2n) is 17.9. The van der Waals surface area contributed by atoms with Crippen LogP contribution in [0.5, 0.6) is 11.5 Å². The zero-order valence-electron chi connectivity index (χ0n) is 37.1. The Morgan fingerprint density at radius 3 is 1.65 bits per heavy atom. The number of ether oxygens (including phenoxy) is 5. The van der Waals surface area contributed by atoms with Gasteiger partial charge >= 0.3 is 5.97 Å². The number of benzene rings is 1. The Morgan fingerprint density at radius 1 is 0.621 bits per heavy atom. The van der Waals surface area contributed by atoms with Crippen LogP contribution in [0.15, 0.2) is 24.3 Å². The topological polar surface area (TPSA) is 245 Å². The SMILES string of the molecule is COc1ccc(O[C@H]2O[C@H](CON3CCC[C@H]3C=O)[C@@H](O[C@@H]3OC(CON4CCC[C@H]4C=O)[C@H](O)C(O)[C@H]3ON3CCC[C@H]3C=O)C(N3CCC[C@H]3C(=O)O)C2ON2CCC[C@H]2C=O)cc1. The zero-order chi connectivity index (χ0) is 46.3. The van der Waals surface area contributed by atoms with E-state index in [2.05, 4.69) is 0 Å². The first kappa shape index (κ1) is 48.9. The maximum absolute atomic E-state index is 13.1. The van der Waals surface area contributed by atoms with E-state index in [4.69, 9.17) is 43.0 Å². The van der Waals surface area contributed by atoms with Gasteiger partial charge in [0, 0.05) is 26.2 Å². The molecule has 7 aliphatic heterocycles. The predicted molar refractivity (Wildman–Crippen MR) is 224 cm³/mol. The number of aliphatic carboxylic acids is 1. The minimum atomic E-state index is -1.68. The van der Waals surface area contributed by atoms with Crippen LogP contribution in [-0.2, 0) is 57.5 Å². The first-order chi connectivity index (χ1) is 32.1. The molecule has 22 heteroatoms. The summed E-state index contributed by atoms with van der Waals surface area (Å²) in [4.78, 5) is 88.9. The van der Waals surface area contributed by atoms with Crippen molar-refractivity contribution < 1.29 is 82.3 Å². The molecule has 7 aliphatic rings. The summed E-state index contributed by atoms with van der Waals surface area (Å²) in [7, 11) is 1.53. The molecule has 7 saturated heterocycles. The molecule has 0 amide bonds. The third kappa shape index (κ3) is 10.8. The molecular weight excluding hydrogens is 871 g/mol. The number of hydrogen-bond donors (Lipinski definition) is 3. The van der Waals surface area contributed by atoms with Gasteiger partial charge in [-0.25, -0.2) is 0 Å². The summed E-state index contributed by atoms with van der Waals surface area (Å²) in [6.45, 7) is 1.32. The number of nitrogens with zero attached hydrogens (tertiary/aromatic N) is 5. The number of hydrogen-bond acceptors (Lipinski definition) is 21. The van der Waals surface area contributed by atoms with E-state index in [9.17, 15) is 39.3 Å². The number of carboxylic acid groups (broad SMARTS) is 1. The average molecular weight is 934 g/mol. The highest BCUT2D eigenvalue weighted by atomic mass is 16.8. The Hall–Kier alpha value is -3.59. The summed E-state index contributed by atoms with van der Waals surface area (Å²) in [6.07, 6.45) is -3.75. The van der Waals surface area contributed by atoms with Crippen molar-refractivity contribution in [3.63, 3.8) is 0 Å². The molecule has 0 radical (unpaired) electrons. The van der Waals surface area contributed by atoms with E-state index in [1.165, 1.54) is 17.2 Å². The fourth-order valence-electron chi connectivity index (χ4n) is 10.2. The number of carbonyl (C=O) groups excluding carboxylic acids is 4. The number of aldehydes is 4. The van der Waals surface area contributed by atoms with Crippen molar-refractivity contribution in [2.45, 2.75) is 156 Å². The van der Waals surface area contributed by atoms with Crippen LogP contribution >= 0.6 is 0 Å². The fraction of sp³-hybridized carbons (Fsp3) is 0.750. The van der Waals surface area contributed by atoms with Gasteiger partial charge in [0.25, 0.3) is 0 Å². The third-order valence-electron chi connectivity index (χ3n) is 13.8. The molecule has 0 aromatic heterocycles. The lowest BCUT2D eigenvalue weighted by Gasteiger charge is -2.52. The van der Waals surface area contributed by atoms with Gasteiger partial charge in [-0.1, -0.05) is 0 Å². The maximum atomic E-state index is 13.1. The van der Waals surface area contributed by atoms with Crippen LogP contribution in [0.1, 0.15) is 64.2 Å². The predicted octanol–water partition coefficient (Wildman–Crippen LogP) is -0.335. The lowest BCUT2D eigenvalue weighted by Crippen LogP contribution is -2.71. The van der Waals surface area contributed by atoms with Crippen LogP contribution in [0, 0.1) is 0 Å². The minimum absolute atomic E-state index is 0.246. The van der Waals surface area contributed by atoms with Crippen LogP contribution in [0.3, 0.4) is 0 Å². The molecule has 366 valence electrons. The van der Waals surface area contributed by atoms with Crippen molar-refractivity contribution in [2.75, 3.05) is 53.0 Å². The number of rotatable bonds is 21. The smallest absolute Gasteiger partial charge is 0.320 e. The van der Waals surface area contributed by atoms with Crippen molar-refractivity contribution >= 4 is 31.1 Å². The van der Waals surface area contributed by atoms with Crippen LogP contribution in [0.25, 0.3) is 0 Å². The second kappa shape index (κ2) is 22.7. The lowest BCUT2D eigenvalue weighted by molar-refractivity contribution is -0.392. The van der Waals surface area contributed by atoms with E-state index >= 15 is 0 Å². The molecule has 8 rings (SSSR count). The van der Waals surface area contributed by atoms with E-state index in [1.807, 2.05) is 0 Å². The van der Waals surface area contributed by atoms with Gasteiger partial charge in [-0.3, -0.25) is 29.0 Å². The van der Waals surface area contributed by atoms with Crippen molar-refractivity contribution in [1.82, 2.24) is 25.2 Å². The first-order valence-corrected chi connectivity index (χ1v) is 23.2. The van der Waals surface area contributed by atoms with E-state index in [-0.39, 0.29) is 26.2 Å². The Bertz CT molecular complexity index is 1780. The minimum Gasteiger partial charge on any atom is -0.497 e. The van der Waals surface area contributed by atoms with Gasteiger partial charge in [0.15, 0.2) is 18.5 Å². The largest absolute Gasteiger partial charge is 0.497 e. The normalized spacial score (nSPS) is 38.4. The molecule has 0 aliphatic carbocycles. The number of aliphatic hydroxyl groups excluding tert-OH is 2. The number of carbonyl (C=O) groups is 5.